The molecule has 0 aliphatic heterocycles. The second-order valence-electron chi connectivity index (χ2n) is 4.32. The van der Waals surface area contributed by atoms with Crippen LogP contribution < -0.4 is 11.5 Å². The maximum atomic E-state index is 10.9. The summed E-state index contributed by atoms with van der Waals surface area (Å²) < 4.78 is 0. The van der Waals surface area contributed by atoms with Gasteiger partial charge in [-0.25, -0.2) is 4.79 Å². The number of carbonyl (C=O) groups is 1. The molecule has 0 fully saturated rings. The van der Waals surface area contributed by atoms with E-state index in [1.165, 1.54) is 24.2 Å². The largest absolute Gasteiger partial charge is 0.465 e. The Labute approximate surface area is 104 Å². The van der Waals surface area contributed by atoms with Gasteiger partial charge in [0.15, 0.2) is 0 Å². The van der Waals surface area contributed by atoms with Crippen LogP contribution in [0, 0.1) is 0 Å². The molecule has 102 valence electrons. The minimum absolute atomic E-state index is 0.545. The average molecular weight is 245 g/mol. The lowest BCUT2D eigenvalue weighted by atomic mass is 10.1. The van der Waals surface area contributed by atoms with E-state index in [0.29, 0.717) is 19.6 Å². The highest BCUT2D eigenvalue weighted by Gasteiger charge is 2.09. The molecular weight excluding hydrogens is 218 g/mol. The number of rotatable bonds is 11. The van der Waals surface area contributed by atoms with Crippen molar-refractivity contribution in [1.29, 1.82) is 0 Å². The summed E-state index contributed by atoms with van der Waals surface area (Å²) in [6, 6.07) is 0. The van der Waals surface area contributed by atoms with E-state index < -0.39 is 6.09 Å². The molecule has 0 aliphatic carbocycles. The third-order valence-electron chi connectivity index (χ3n) is 2.78. The molecule has 0 atom stereocenters. The van der Waals surface area contributed by atoms with Crippen molar-refractivity contribution in [2.45, 2.75) is 44.9 Å². The quantitative estimate of drug-likeness (QED) is 0.482. The molecule has 0 aromatic carbocycles. The first-order valence-corrected chi connectivity index (χ1v) is 6.60. The molecule has 0 saturated heterocycles. The highest BCUT2D eigenvalue weighted by atomic mass is 16.4. The zero-order valence-corrected chi connectivity index (χ0v) is 10.7. The third kappa shape index (κ3) is 10.1. The number of amides is 1. The maximum Gasteiger partial charge on any atom is 0.407 e. The lowest BCUT2D eigenvalue weighted by molar-refractivity contribution is 0.144. The highest BCUT2D eigenvalue weighted by molar-refractivity contribution is 5.64. The van der Waals surface area contributed by atoms with Crippen LogP contribution in [0.1, 0.15) is 44.9 Å². The molecule has 0 unspecified atom stereocenters. The molecule has 17 heavy (non-hydrogen) atoms. The van der Waals surface area contributed by atoms with Gasteiger partial charge >= 0.3 is 6.09 Å². The number of hydrogen-bond acceptors (Lipinski definition) is 3. The SMILES string of the molecule is NCCCCCCCCN(CCCN)C(=O)O. The highest BCUT2D eigenvalue weighted by Crippen LogP contribution is 2.06. The van der Waals surface area contributed by atoms with Gasteiger partial charge in [0.05, 0.1) is 0 Å². The summed E-state index contributed by atoms with van der Waals surface area (Å²) in [5.74, 6) is 0. The molecule has 1 amide bonds. The van der Waals surface area contributed by atoms with Gasteiger partial charge in [-0.05, 0) is 32.4 Å². The number of nitrogens with two attached hydrogens (primary N) is 2. The Hall–Kier alpha value is -0.810. The summed E-state index contributed by atoms with van der Waals surface area (Å²) in [6.45, 7) is 2.50. The second kappa shape index (κ2) is 11.7. The zero-order valence-electron chi connectivity index (χ0n) is 10.7. The Morgan fingerprint density at radius 1 is 0.824 bits per heavy atom. The van der Waals surface area contributed by atoms with Crippen molar-refractivity contribution >= 4 is 6.09 Å². The Morgan fingerprint density at radius 3 is 1.82 bits per heavy atom. The first-order chi connectivity index (χ1) is 8.22. The Bertz CT molecular complexity index is 189. The smallest absolute Gasteiger partial charge is 0.407 e. The molecule has 0 bridgehead atoms. The number of nitrogens with zero attached hydrogens (tertiary/aromatic N) is 1. The molecule has 0 spiro atoms. The van der Waals surface area contributed by atoms with Crippen molar-refractivity contribution in [3.05, 3.63) is 0 Å². The molecule has 0 aliphatic rings. The van der Waals surface area contributed by atoms with Crippen LogP contribution >= 0.6 is 0 Å². The summed E-state index contributed by atoms with van der Waals surface area (Å²) >= 11 is 0. The predicted molar refractivity (Wildman–Crippen MR) is 70.0 cm³/mol. The van der Waals surface area contributed by atoms with Crippen LogP contribution in [0.2, 0.25) is 0 Å². The van der Waals surface area contributed by atoms with Gasteiger partial charge in [0.25, 0.3) is 0 Å². The molecule has 5 nitrogen and oxygen atoms in total. The minimum atomic E-state index is -0.832. The third-order valence-corrected chi connectivity index (χ3v) is 2.78. The van der Waals surface area contributed by atoms with Gasteiger partial charge in [0.2, 0.25) is 0 Å². The molecule has 0 saturated carbocycles. The van der Waals surface area contributed by atoms with Crippen LogP contribution in [-0.4, -0.2) is 42.3 Å². The monoisotopic (exact) mass is 245 g/mol. The van der Waals surface area contributed by atoms with E-state index in [9.17, 15) is 4.79 Å². The van der Waals surface area contributed by atoms with E-state index in [-0.39, 0.29) is 0 Å². The maximum absolute atomic E-state index is 10.9. The summed E-state index contributed by atoms with van der Waals surface area (Å²) in [6.07, 6.45) is 6.60. The summed E-state index contributed by atoms with van der Waals surface area (Å²) in [7, 11) is 0. The van der Waals surface area contributed by atoms with Crippen molar-refractivity contribution in [1.82, 2.24) is 4.90 Å². The van der Waals surface area contributed by atoms with Crippen LogP contribution in [0.25, 0.3) is 0 Å². The Morgan fingerprint density at radius 2 is 1.29 bits per heavy atom. The topological polar surface area (TPSA) is 92.6 Å². The van der Waals surface area contributed by atoms with Gasteiger partial charge in [-0.2, -0.15) is 0 Å². The van der Waals surface area contributed by atoms with Crippen molar-refractivity contribution in [3.8, 4) is 0 Å². The van der Waals surface area contributed by atoms with Gasteiger partial charge in [-0.3, -0.25) is 0 Å². The van der Waals surface area contributed by atoms with E-state index in [0.717, 1.165) is 32.2 Å². The number of carboxylic acid groups (broad SMARTS) is 1. The summed E-state index contributed by atoms with van der Waals surface area (Å²) in [5, 5.41) is 8.94. The van der Waals surface area contributed by atoms with Gasteiger partial charge in [-0.15, -0.1) is 0 Å². The molecule has 0 radical (unpaired) electrons. The first-order valence-electron chi connectivity index (χ1n) is 6.60. The fourth-order valence-corrected chi connectivity index (χ4v) is 1.74. The predicted octanol–water partition coefficient (Wildman–Crippen LogP) is 1.61. The molecule has 0 rings (SSSR count). The van der Waals surface area contributed by atoms with Gasteiger partial charge < -0.3 is 21.5 Å². The van der Waals surface area contributed by atoms with Crippen molar-refractivity contribution in [2.75, 3.05) is 26.2 Å². The van der Waals surface area contributed by atoms with Gasteiger partial charge in [0.1, 0.15) is 0 Å². The normalized spacial score (nSPS) is 10.5. The van der Waals surface area contributed by atoms with Crippen molar-refractivity contribution < 1.29 is 9.90 Å². The molecule has 0 aromatic rings. The van der Waals surface area contributed by atoms with Crippen molar-refractivity contribution in [3.63, 3.8) is 0 Å². The van der Waals surface area contributed by atoms with Crippen LogP contribution in [0.5, 0.6) is 0 Å². The standard InChI is InChI=1S/C12H27N3O2/c13-8-5-3-1-2-4-6-10-15(12(16)17)11-7-9-14/h1-11,13-14H2,(H,16,17). The van der Waals surface area contributed by atoms with E-state index in [2.05, 4.69) is 0 Å². The first kappa shape index (κ1) is 16.2. The fourth-order valence-electron chi connectivity index (χ4n) is 1.74. The molecule has 0 aromatic heterocycles. The van der Waals surface area contributed by atoms with Crippen LogP contribution in [-0.2, 0) is 0 Å². The molecular formula is C12H27N3O2. The number of hydrogen-bond donors (Lipinski definition) is 3. The Balaban J connectivity index is 3.44. The number of unbranched alkanes of at least 4 members (excludes halogenated alkanes) is 5. The van der Waals surface area contributed by atoms with Crippen molar-refractivity contribution in [2.24, 2.45) is 11.5 Å². The van der Waals surface area contributed by atoms with E-state index in [1.807, 2.05) is 0 Å². The molecule has 0 heterocycles. The minimum Gasteiger partial charge on any atom is -0.465 e. The summed E-state index contributed by atoms with van der Waals surface area (Å²) in [5.41, 5.74) is 10.8. The second-order valence-corrected chi connectivity index (χ2v) is 4.32. The van der Waals surface area contributed by atoms with Gasteiger partial charge in [0, 0.05) is 13.1 Å². The molecule has 5 heteroatoms. The Kier molecular flexibility index (Phi) is 11.1. The van der Waals surface area contributed by atoms with Crippen LogP contribution in [0.4, 0.5) is 4.79 Å². The average Bonchev–Trinajstić information content (AvgIpc) is 2.31. The van der Waals surface area contributed by atoms with Crippen LogP contribution in [0.3, 0.4) is 0 Å². The van der Waals surface area contributed by atoms with E-state index >= 15 is 0 Å². The van der Waals surface area contributed by atoms with E-state index in [4.69, 9.17) is 16.6 Å². The zero-order chi connectivity index (χ0) is 12.9. The molecule has 5 N–H and O–H groups in total. The van der Waals surface area contributed by atoms with Crippen LogP contribution in [0.15, 0.2) is 0 Å². The summed E-state index contributed by atoms with van der Waals surface area (Å²) in [4.78, 5) is 12.3. The lowest BCUT2D eigenvalue weighted by Crippen LogP contribution is -2.32. The van der Waals surface area contributed by atoms with Gasteiger partial charge in [-0.1, -0.05) is 25.7 Å². The lowest BCUT2D eigenvalue weighted by Gasteiger charge is -2.18. The fraction of sp³-hybridized carbons (Fsp3) is 0.917. The van der Waals surface area contributed by atoms with E-state index in [1.54, 1.807) is 0 Å².